The number of nitrogens with zero attached hydrogens (tertiary/aromatic N) is 2. The lowest BCUT2D eigenvalue weighted by atomic mass is 9.86. The van der Waals surface area contributed by atoms with Gasteiger partial charge in [-0.15, -0.1) is 0 Å². The van der Waals surface area contributed by atoms with Gasteiger partial charge in [-0.05, 0) is 26.2 Å². The molecule has 18 heavy (non-hydrogen) atoms. The van der Waals surface area contributed by atoms with Crippen LogP contribution in [0, 0.1) is 22.7 Å². The molecule has 1 saturated heterocycles. The predicted octanol–water partition coefficient (Wildman–Crippen LogP) is 1.34. The highest BCUT2D eigenvalue weighted by molar-refractivity contribution is 5.85. The molecule has 1 amide bonds. The largest absolute Gasteiger partial charge is 0.469 e. The van der Waals surface area contributed by atoms with Gasteiger partial charge in [0, 0.05) is 13.1 Å². The summed E-state index contributed by atoms with van der Waals surface area (Å²) in [5.41, 5.74) is -0.988. The van der Waals surface area contributed by atoms with Crippen molar-refractivity contribution in [2.24, 2.45) is 11.3 Å². The highest BCUT2D eigenvalue weighted by atomic mass is 16.5. The van der Waals surface area contributed by atoms with E-state index in [9.17, 15) is 9.59 Å². The van der Waals surface area contributed by atoms with Crippen LogP contribution in [0.5, 0.6) is 0 Å². The molecular formula is C13H20N2O3. The van der Waals surface area contributed by atoms with Crippen LogP contribution in [0.15, 0.2) is 0 Å². The third kappa shape index (κ3) is 2.81. The Hall–Kier alpha value is -1.57. The number of carbonyl (C=O) groups excluding carboxylic acids is 2. The van der Waals surface area contributed by atoms with E-state index in [1.54, 1.807) is 11.8 Å². The molecule has 0 aromatic rings. The van der Waals surface area contributed by atoms with E-state index in [1.165, 1.54) is 7.11 Å². The average molecular weight is 252 g/mol. The number of rotatable bonds is 3. The zero-order valence-corrected chi connectivity index (χ0v) is 11.2. The molecule has 0 N–H and O–H groups in total. The monoisotopic (exact) mass is 252 g/mol. The molecule has 1 aliphatic heterocycles. The van der Waals surface area contributed by atoms with E-state index in [-0.39, 0.29) is 17.8 Å². The minimum Gasteiger partial charge on any atom is -0.469 e. The van der Waals surface area contributed by atoms with Crippen LogP contribution >= 0.6 is 0 Å². The van der Waals surface area contributed by atoms with Gasteiger partial charge in [0.15, 0.2) is 0 Å². The topological polar surface area (TPSA) is 70.4 Å². The molecule has 1 heterocycles. The number of esters is 1. The molecule has 0 aromatic carbocycles. The molecule has 5 heteroatoms. The Bertz CT molecular complexity index is 375. The first-order valence-corrected chi connectivity index (χ1v) is 6.27. The van der Waals surface area contributed by atoms with Gasteiger partial charge in [0.1, 0.15) is 5.41 Å². The van der Waals surface area contributed by atoms with Crippen molar-refractivity contribution in [3.05, 3.63) is 0 Å². The number of piperidine rings is 1. The molecule has 1 fully saturated rings. The van der Waals surface area contributed by atoms with E-state index in [4.69, 9.17) is 10.00 Å². The van der Waals surface area contributed by atoms with Gasteiger partial charge in [-0.2, -0.15) is 5.26 Å². The fourth-order valence-corrected chi connectivity index (χ4v) is 2.15. The van der Waals surface area contributed by atoms with Gasteiger partial charge in [0.05, 0.1) is 19.1 Å². The lowest BCUT2D eigenvalue weighted by Gasteiger charge is -2.35. The van der Waals surface area contributed by atoms with Gasteiger partial charge in [-0.25, -0.2) is 0 Å². The van der Waals surface area contributed by atoms with E-state index in [1.807, 2.05) is 6.92 Å². The van der Waals surface area contributed by atoms with Crippen LogP contribution < -0.4 is 0 Å². The minimum absolute atomic E-state index is 0.180. The molecule has 0 spiro atoms. The van der Waals surface area contributed by atoms with Crippen molar-refractivity contribution in [1.29, 1.82) is 5.26 Å². The molecule has 1 aliphatic rings. The first-order chi connectivity index (χ1) is 8.48. The van der Waals surface area contributed by atoms with Crippen molar-refractivity contribution in [2.45, 2.75) is 33.1 Å². The second kappa shape index (κ2) is 5.85. The number of hydrogen-bond donors (Lipinski definition) is 0. The predicted molar refractivity (Wildman–Crippen MR) is 65.3 cm³/mol. The van der Waals surface area contributed by atoms with E-state index < -0.39 is 5.41 Å². The summed E-state index contributed by atoms with van der Waals surface area (Å²) in [6, 6.07) is 2.08. The summed E-state index contributed by atoms with van der Waals surface area (Å²) in [6.07, 6.45) is 1.99. The maximum absolute atomic E-state index is 12.3. The summed E-state index contributed by atoms with van der Waals surface area (Å²) in [6.45, 7) is 4.45. The highest BCUT2D eigenvalue weighted by Gasteiger charge is 2.38. The standard InChI is InChI=1S/C13H20N2O3/c1-4-13(2,9-14)12(17)15-7-5-6-10(8-15)11(16)18-3/h10H,4-8H2,1-3H3. The Morgan fingerprint density at radius 1 is 1.56 bits per heavy atom. The van der Waals surface area contributed by atoms with E-state index in [0.717, 1.165) is 12.8 Å². The van der Waals surface area contributed by atoms with Crippen molar-refractivity contribution >= 4 is 11.9 Å². The third-order valence-corrected chi connectivity index (χ3v) is 3.67. The molecule has 0 radical (unpaired) electrons. The van der Waals surface area contributed by atoms with Crippen molar-refractivity contribution < 1.29 is 14.3 Å². The maximum atomic E-state index is 12.3. The van der Waals surface area contributed by atoms with Crippen LogP contribution in [0.3, 0.4) is 0 Å². The summed E-state index contributed by atoms with van der Waals surface area (Å²) < 4.78 is 4.71. The number of nitriles is 1. The third-order valence-electron chi connectivity index (χ3n) is 3.67. The molecule has 100 valence electrons. The van der Waals surface area contributed by atoms with E-state index >= 15 is 0 Å². The molecular weight excluding hydrogens is 232 g/mol. The normalized spacial score (nSPS) is 22.8. The summed E-state index contributed by atoms with van der Waals surface area (Å²) in [7, 11) is 1.36. The molecule has 0 aliphatic carbocycles. The fourth-order valence-electron chi connectivity index (χ4n) is 2.15. The van der Waals surface area contributed by atoms with Crippen molar-refractivity contribution in [3.63, 3.8) is 0 Å². The Kier molecular flexibility index (Phi) is 4.71. The summed E-state index contributed by atoms with van der Waals surface area (Å²) in [4.78, 5) is 25.4. The first-order valence-electron chi connectivity index (χ1n) is 6.27. The van der Waals surface area contributed by atoms with Gasteiger partial charge >= 0.3 is 5.97 Å². The quantitative estimate of drug-likeness (QED) is 0.711. The van der Waals surface area contributed by atoms with Crippen LogP contribution in [0.1, 0.15) is 33.1 Å². The fraction of sp³-hybridized carbons (Fsp3) is 0.769. The van der Waals surface area contributed by atoms with Gasteiger partial charge < -0.3 is 9.64 Å². The molecule has 1 rings (SSSR count). The van der Waals surface area contributed by atoms with Crippen molar-refractivity contribution in [2.75, 3.05) is 20.2 Å². The van der Waals surface area contributed by atoms with Gasteiger partial charge in [0.2, 0.25) is 5.91 Å². The number of amides is 1. The first kappa shape index (κ1) is 14.5. The molecule has 2 unspecified atom stereocenters. The lowest BCUT2D eigenvalue weighted by Crippen LogP contribution is -2.48. The van der Waals surface area contributed by atoms with Crippen molar-refractivity contribution in [3.8, 4) is 6.07 Å². The van der Waals surface area contributed by atoms with Gasteiger partial charge in [-0.3, -0.25) is 9.59 Å². The number of ether oxygens (including phenoxy) is 1. The Morgan fingerprint density at radius 3 is 2.72 bits per heavy atom. The van der Waals surface area contributed by atoms with Crippen LogP contribution in [0.25, 0.3) is 0 Å². The highest BCUT2D eigenvalue weighted by Crippen LogP contribution is 2.27. The Labute approximate surface area is 108 Å². The number of likely N-dealkylation sites (tertiary alicyclic amines) is 1. The van der Waals surface area contributed by atoms with Gasteiger partial charge in [-0.1, -0.05) is 6.92 Å². The molecule has 0 saturated carbocycles. The van der Waals surface area contributed by atoms with Crippen LogP contribution in [0.4, 0.5) is 0 Å². The van der Waals surface area contributed by atoms with E-state index in [2.05, 4.69) is 6.07 Å². The number of hydrogen-bond acceptors (Lipinski definition) is 4. The van der Waals surface area contributed by atoms with Crippen molar-refractivity contribution in [1.82, 2.24) is 4.90 Å². The average Bonchev–Trinajstić information content (AvgIpc) is 2.44. The number of methoxy groups -OCH3 is 1. The maximum Gasteiger partial charge on any atom is 0.310 e. The van der Waals surface area contributed by atoms with Crippen LogP contribution in [0.2, 0.25) is 0 Å². The van der Waals surface area contributed by atoms with Gasteiger partial charge in [0.25, 0.3) is 0 Å². The Balaban J connectivity index is 2.76. The summed E-state index contributed by atoms with van der Waals surface area (Å²) in [5.74, 6) is -0.712. The second-order valence-electron chi connectivity index (χ2n) is 4.91. The van der Waals surface area contributed by atoms with E-state index in [0.29, 0.717) is 19.5 Å². The summed E-state index contributed by atoms with van der Waals surface area (Å²) >= 11 is 0. The minimum atomic E-state index is -0.988. The SMILES string of the molecule is CCC(C)(C#N)C(=O)N1CCCC(C(=O)OC)C1. The zero-order valence-electron chi connectivity index (χ0n) is 11.2. The van der Waals surface area contributed by atoms with Crippen LogP contribution in [-0.4, -0.2) is 37.0 Å². The van der Waals surface area contributed by atoms with Crippen LogP contribution in [-0.2, 0) is 14.3 Å². The molecule has 0 bridgehead atoms. The second-order valence-corrected chi connectivity index (χ2v) is 4.91. The smallest absolute Gasteiger partial charge is 0.310 e. The molecule has 0 aromatic heterocycles. The number of carbonyl (C=O) groups is 2. The molecule has 2 atom stereocenters. The summed E-state index contributed by atoms with van der Waals surface area (Å²) in [5, 5.41) is 9.12. The molecule has 5 nitrogen and oxygen atoms in total. The lowest BCUT2D eigenvalue weighted by molar-refractivity contribution is -0.150. The Morgan fingerprint density at radius 2 is 2.22 bits per heavy atom. The zero-order chi connectivity index (χ0) is 13.8.